The molecule has 0 aromatic carbocycles. The average Bonchev–Trinajstić information content (AvgIpc) is 2.20. The van der Waals surface area contributed by atoms with Gasteiger partial charge in [-0.1, -0.05) is 36.8 Å². The summed E-state index contributed by atoms with van der Waals surface area (Å²) in [6.45, 7) is 9.26. The van der Waals surface area contributed by atoms with Gasteiger partial charge < -0.3 is 5.32 Å². The smallest absolute Gasteiger partial charge is 0.0341 e. The van der Waals surface area contributed by atoms with Crippen molar-refractivity contribution in [2.45, 2.75) is 34.1 Å². The summed E-state index contributed by atoms with van der Waals surface area (Å²) in [6.07, 6.45) is 13.8. The Morgan fingerprint density at radius 3 is 2.47 bits per heavy atom. The number of rotatable bonds is 2. The normalized spacial score (nSPS) is 15.5. The molecule has 1 N–H and O–H groups in total. The van der Waals surface area contributed by atoms with E-state index in [-0.39, 0.29) is 0 Å². The first-order valence-electron chi connectivity index (χ1n) is 5.60. The summed E-state index contributed by atoms with van der Waals surface area (Å²) >= 11 is 0. The van der Waals surface area contributed by atoms with Crippen LogP contribution in [0.2, 0.25) is 0 Å². The predicted octanol–water partition coefficient (Wildman–Crippen LogP) is 3.97. The van der Waals surface area contributed by atoms with Gasteiger partial charge in [0.1, 0.15) is 0 Å². The molecule has 0 spiro atoms. The van der Waals surface area contributed by atoms with Gasteiger partial charge in [0.15, 0.2) is 0 Å². The van der Waals surface area contributed by atoms with Crippen LogP contribution < -0.4 is 5.32 Å². The fraction of sp³-hybridized carbons (Fsp3) is 0.429. The highest BCUT2D eigenvalue weighted by molar-refractivity contribution is 5.31. The minimum atomic E-state index is 0.960. The highest BCUT2D eigenvalue weighted by Gasteiger charge is 1.95. The third-order valence-corrected chi connectivity index (χ3v) is 1.93. The van der Waals surface area contributed by atoms with Crippen molar-refractivity contribution in [3.8, 4) is 0 Å². The van der Waals surface area contributed by atoms with Crippen LogP contribution in [0, 0.1) is 0 Å². The van der Waals surface area contributed by atoms with E-state index in [2.05, 4.69) is 49.5 Å². The molecule has 0 saturated heterocycles. The van der Waals surface area contributed by atoms with Gasteiger partial charge >= 0.3 is 0 Å². The molecule has 0 amide bonds. The first kappa shape index (κ1) is 13.8. The van der Waals surface area contributed by atoms with Crippen molar-refractivity contribution in [1.29, 1.82) is 0 Å². The summed E-state index contributed by atoms with van der Waals surface area (Å²) in [4.78, 5) is 0. The van der Waals surface area contributed by atoms with Crippen LogP contribution in [0.4, 0.5) is 0 Å². The number of allylic oxidation sites excluding steroid dienone is 6. The number of hydrogen-bond donors (Lipinski definition) is 1. The second-order valence-corrected chi connectivity index (χ2v) is 3.41. The van der Waals surface area contributed by atoms with Crippen LogP contribution in [0.5, 0.6) is 0 Å². The van der Waals surface area contributed by atoms with Crippen molar-refractivity contribution < 1.29 is 0 Å². The molecule has 0 aliphatic carbocycles. The molecule has 0 radical (unpaired) electrons. The molecule has 1 heteroatoms. The summed E-state index contributed by atoms with van der Waals surface area (Å²) < 4.78 is 0. The topological polar surface area (TPSA) is 12.0 Å². The molecule has 0 atom stereocenters. The van der Waals surface area contributed by atoms with Gasteiger partial charge in [0, 0.05) is 12.2 Å². The SMILES string of the molecule is C/C=C/C1=CC(C)=CCN1.CC=CCC. The maximum absolute atomic E-state index is 3.25. The van der Waals surface area contributed by atoms with Crippen molar-refractivity contribution in [2.75, 3.05) is 6.54 Å². The Hall–Kier alpha value is -1.24. The van der Waals surface area contributed by atoms with Crippen LogP contribution >= 0.6 is 0 Å². The van der Waals surface area contributed by atoms with E-state index < -0.39 is 0 Å². The van der Waals surface area contributed by atoms with Crippen molar-refractivity contribution in [2.24, 2.45) is 0 Å². The summed E-state index contributed by atoms with van der Waals surface area (Å²) in [7, 11) is 0. The van der Waals surface area contributed by atoms with E-state index in [1.54, 1.807) is 0 Å². The van der Waals surface area contributed by atoms with Crippen molar-refractivity contribution >= 4 is 0 Å². The number of hydrogen-bond acceptors (Lipinski definition) is 1. The Morgan fingerprint density at radius 2 is 2.07 bits per heavy atom. The van der Waals surface area contributed by atoms with E-state index in [0.717, 1.165) is 13.0 Å². The molecule has 1 aliphatic rings. The van der Waals surface area contributed by atoms with Crippen LogP contribution in [0.3, 0.4) is 0 Å². The van der Waals surface area contributed by atoms with E-state index in [1.807, 2.05) is 19.9 Å². The van der Waals surface area contributed by atoms with E-state index in [0.29, 0.717) is 0 Å². The lowest BCUT2D eigenvalue weighted by atomic mass is 10.2. The average molecular weight is 205 g/mol. The van der Waals surface area contributed by atoms with Crippen LogP contribution in [-0.2, 0) is 0 Å². The fourth-order valence-electron chi connectivity index (χ4n) is 1.21. The molecule has 1 nitrogen and oxygen atoms in total. The van der Waals surface area contributed by atoms with E-state index in [9.17, 15) is 0 Å². The van der Waals surface area contributed by atoms with E-state index in [4.69, 9.17) is 0 Å². The monoisotopic (exact) mass is 205 g/mol. The van der Waals surface area contributed by atoms with Crippen molar-refractivity contribution in [3.05, 3.63) is 47.7 Å². The van der Waals surface area contributed by atoms with Gasteiger partial charge in [-0.2, -0.15) is 0 Å². The predicted molar refractivity (Wildman–Crippen MR) is 69.8 cm³/mol. The number of dihydropyridines is 1. The van der Waals surface area contributed by atoms with Gasteiger partial charge in [-0.05, 0) is 39.3 Å². The maximum atomic E-state index is 3.25. The highest BCUT2D eigenvalue weighted by Crippen LogP contribution is 2.05. The molecular weight excluding hydrogens is 182 g/mol. The molecule has 0 aromatic heterocycles. The first-order chi connectivity index (χ1) is 7.24. The first-order valence-corrected chi connectivity index (χ1v) is 5.60. The van der Waals surface area contributed by atoms with Gasteiger partial charge in [0.2, 0.25) is 0 Å². The standard InChI is InChI=1S/C9H13N.C5H10/c1-3-4-9-7-8(2)5-6-10-9;1-3-5-4-2/h3-5,7,10H,6H2,1-2H3;3,5H,4H2,1-2H3/b4-3+;. The molecule has 0 fully saturated rings. The van der Waals surface area contributed by atoms with Gasteiger partial charge in [-0.25, -0.2) is 0 Å². The van der Waals surface area contributed by atoms with Gasteiger partial charge in [-0.3, -0.25) is 0 Å². The largest absolute Gasteiger partial charge is 0.382 e. The molecule has 1 heterocycles. The Morgan fingerprint density at radius 1 is 1.33 bits per heavy atom. The molecule has 0 unspecified atom stereocenters. The summed E-state index contributed by atoms with van der Waals surface area (Å²) in [5.41, 5.74) is 2.55. The lowest BCUT2D eigenvalue weighted by Gasteiger charge is -2.10. The Kier molecular flexibility index (Phi) is 8.55. The molecular formula is C14H23N. The summed E-state index contributed by atoms with van der Waals surface area (Å²) in [6, 6.07) is 0. The van der Waals surface area contributed by atoms with Crippen molar-refractivity contribution in [1.82, 2.24) is 5.32 Å². The minimum Gasteiger partial charge on any atom is -0.382 e. The zero-order valence-electron chi connectivity index (χ0n) is 10.4. The van der Waals surface area contributed by atoms with Crippen molar-refractivity contribution in [3.63, 3.8) is 0 Å². The summed E-state index contributed by atoms with van der Waals surface area (Å²) in [5, 5.41) is 3.25. The van der Waals surface area contributed by atoms with Crippen LogP contribution in [0.25, 0.3) is 0 Å². The highest BCUT2D eigenvalue weighted by atomic mass is 14.9. The van der Waals surface area contributed by atoms with Gasteiger partial charge in [-0.15, -0.1) is 0 Å². The van der Waals surface area contributed by atoms with E-state index in [1.165, 1.54) is 11.3 Å². The Bertz CT molecular complexity index is 267. The second kappa shape index (κ2) is 9.32. The van der Waals surface area contributed by atoms with Gasteiger partial charge in [0.05, 0.1) is 0 Å². The van der Waals surface area contributed by atoms with Crippen LogP contribution in [0.15, 0.2) is 47.7 Å². The zero-order valence-corrected chi connectivity index (χ0v) is 10.4. The fourth-order valence-corrected chi connectivity index (χ4v) is 1.21. The lowest BCUT2D eigenvalue weighted by Crippen LogP contribution is -2.14. The second-order valence-electron chi connectivity index (χ2n) is 3.41. The maximum Gasteiger partial charge on any atom is 0.0341 e. The Balaban J connectivity index is 0.000000336. The van der Waals surface area contributed by atoms with Gasteiger partial charge in [0.25, 0.3) is 0 Å². The molecule has 15 heavy (non-hydrogen) atoms. The third-order valence-electron chi connectivity index (χ3n) is 1.93. The van der Waals surface area contributed by atoms with E-state index >= 15 is 0 Å². The van der Waals surface area contributed by atoms with Crippen LogP contribution in [-0.4, -0.2) is 6.54 Å². The lowest BCUT2D eigenvalue weighted by molar-refractivity contribution is 0.908. The molecule has 1 aliphatic heterocycles. The quantitative estimate of drug-likeness (QED) is 0.673. The third kappa shape index (κ3) is 7.80. The van der Waals surface area contributed by atoms with Crippen LogP contribution in [0.1, 0.15) is 34.1 Å². The number of nitrogens with one attached hydrogen (secondary N) is 1. The molecule has 0 bridgehead atoms. The molecule has 84 valence electrons. The summed E-state index contributed by atoms with van der Waals surface area (Å²) in [5.74, 6) is 0. The minimum absolute atomic E-state index is 0.960. The zero-order chi connectivity index (χ0) is 11.5. The molecule has 1 rings (SSSR count). The molecule has 0 aromatic rings. The Labute approximate surface area is 94.3 Å². The molecule has 0 saturated carbocycles.